The van der Waals surface area contributed by atoms with E-state index in [0.29, 0.717) is 12.5 Å². The second-order valence-electron chi connectivity index (χ2n) is 4.58. The third-order valence-electron chi connectivity index (χ3n) is 3.50. The maximum absolute atomic E-state index is 5.70. The van der Waals surface area contributed by atoms with Crippen molar-refractivity contribution >= 4 is 0 Å². The fourth-order valence-corrected chi connectivity index (χ4v) is 2.36. The average Bonchev–Trinajstić information content (AvgIpc) is 2.90. The molecule has 2 N–H and O–H groups in total. The Balaban J connectivity index is 2.41. The number of hydrogen-bond acceptors (Lipinski definition) is 2. The molecule has 96 valence electrons. The van der Waals surface area contributed by atoms with Crippen molar-refractivity contribution in [2.45, 2.75) is 39.2 Å². The molecule has 0 amide bonds. The predicted octanol–water partition coefficient (Wildman–Crippen LogP) is 3.23. The highest BCUT2D eigenvalue weighted by atomic mass is 15.1. The summed E-state index contributed by atoms with van der Waals surface area (Å²) in [6.07, 6.45) is 6.15. The predicted molar refractivity (Wildman–Crippen MR) is 74.8 cm³/mol. The Bertz CT molecular complexity index is 498. The smallest absolute Gasteiger partial charge is 0.0994 e. The molecule has 3 heteroatoms. The van der Waals surface area contributed by atoms with E-state index in [1.807, 2.05) is 18.6 Å². The Morgan fingerprint density at radius 2 is 2.06 bits per heavy atom. The van der Waals surface area contributed by atoms with Crippen LogP contribution < -0.4 is 5.73 Å². The first-order valence-corrected chi connectivity index (χ1v) is 6.61. The van der Waals surface area contributed by atoms with Gasteiger partial charge in [0.2, 0.25) is 0 Å². The lowest BCUT2D eigenvalue weighted by atomic mass is 10.00. The highest BCUT2D eigenvalue weighted by Gasteiger charge is 2.13. The van der Waals surface area contributed by atoms with Crippen LogP contribution in [0, 0.1) is 0 Å². The summed E-state index contributed by atoms with van der Waals surface area (Å²) in [5.74, 6) is 0.564. The second-order valence-corrected chi connectivity index (χ2v) is 4.58. The van der Waals surface area contributed by atoms with Gasteiger partial charge in [0.1, 0.15) is 0 Å². The molecule has 0 spiro atoms. The van der Waals surface area contributed by atoms with Crippen LogP contribution in [0.15, 0.2) is 36.8 Å². The van der Waals surface area contributed by atoms with Gasteiger partial charge in [0.05, 0.1) is 6.33 Å². The second kappa shape index (κ2) is 5.83. The number of rotatable bonds is 5. The Kier molecular flexibility index (Phi) is 4.15. The van der Waals surface area contributed by atoms with E-state index in [-0.39, 0.29) is 0 Å². The van der Waals surface area contributed by atoms with Crippen LogP contribution in [0.25, 0.3) is 5.69 Å². The third-order valence-corrected chi connectivity index (χ3v) is 3.50. The molecule has 3 nitrogen and oxygen atoms in total. The fraction of sp³-hybridized carbons (Fsp3) is 0.400. The molecule has 2 aromatic rings. The summed E-state index contributed by atoms with van der Waals surface area (Å²) < 4.78 is 2.18. The molecule has 1 aromatic heterocycles. The maximum Gasteiger partial charge on any atom is 0.0994 e. The van der Waals surface area contributed by atoms with E-state index in [9.17, 15) is 0 Å². The van der Waals surface area contributed by atoms with Gasteiger partial charge in [-0.15, -0.1) is 0 Å². The Morgan fingerprint density at radius 3 is 2.72 bits per heavy atom. The van der Waals surface area contributed by atoms with E-state index in [4.69, 9.17) is 5.73 Å². The van der Waals surface area contributed by atoms with Gasteiger partial charge in [0, 0.05) is 30.0 Å². The molecule has 1 heterocycles. The van der Waals surface area contributed by atoms with E-state index in [2.05, 4.69) is 41.6 Å². The van der Waals surface area contributed by atoms with Crippen LogP contribution in [-0.4, -0.2) is 9.55 Å². The maximum atomic E-state index is 5.70. The zero-order valence-corrected chi connectivity index (χ0v) is 11.1. The summed E-state index contributed by atoms with van der Waals surface area (Å²) >= 11 is 0. The van der Waals surface area contributed by atoms with Crippen molar-refractivity contribution < 1.29 is 0 Å². The van der Waals surface area contributed by atoms with Gasteiger partial charge in [0.15, 0.2) is 0 Å². The summed E-state index contributed by atoms with van der Waals surface area (Å²) in [6, 6.07) is 8.34. The highest BCUT2D eigenvalue weighted by Crippen LogP contribution is 2.25. The van der Waals surface area contributed by atoms with Gasteiger partial charge >= 0.3 is 0 Å². The van der Waals surface area contributed by atoms with E-state index < -0.39 is 0 Å². The molecular weight excluding hydrogens is 222 g/mol. The van der Waals surface area contributed by atoms with Crippen LogP contribution in [0.5, 0.6) is 0 Å². The molecule has 18 heavy (non-hydrogen) atoms. The van der Waals surface area contributed by atoms with Crippen molar-refractivity contribution in [2.75, 3.05) is 0 Å². The van der Waals surface area contributed by atoms with Gasteiger partial charge in [-0.3, -0.25) is 0 Å². The standard InChI is InChI=1S/C15H21N3/c1-3-13(4-2)15-10-17-11-18(15)14-7-5-6-12(8-14)9-16/h5-8,10-11,13H,3-4,9,16H2,1-2H3. The van der Waals surface area contributed by atoms with Crippen molar-refractivity contribution in [1.29, 1.82) is 0 Å². The van der Waals surface area contributed by atoms with E-state index >= 15 is 0 Å². The van der Waals surface area contributed by atoms with Crippen molar-refractivity contribution in [3.63, 3.8) is 0 Å². The zero-order chi connectivity index (χ0) is 13.0. The lowest BCUT2D eigenvalue weighted by Gasteiger charge is -2.16. The third kappa shape index (κ3) is 2.46. The van der Waals surface area contributed by atoms with Gasteiger partial charge in [-0.05, 0) is 30.5 Å². The normalized spacial score (nSPS) is 11.1. The quantitative estimate of drug-likeness (QED) is 0.876. The van der Waals surface area contributed by atoms with Crippen molar-refractivity contribution in [1.82, 2.24) is 9.55 Å². The molecule has 0 atom stereocenters. The molecule has 1 aromatic carbocycles. The molecule has 0 saturated heterocycles. The molecule has 2 rings (SSSR count). The van der Waals surface area contributed by atoms with Crippen LogP contribution in [0.4, 0.5) is 0 Å². The molecule has 0 fully saturated rings. The number of nitrogens with zero attached hydrogens (tertiary/aromatic N) is 2. The van der Waals surface area contributed by atoms with Gasteiger partial charge in [0.25, 0.3) is 0 Å². The summed E-state index contributed by atoms with van der Waals surface area (Å²) in [4.78, 5) is 4.30. The number of imidazole rings is 1. The molecule has 0 aliphatic heterocycles. The number of nitrogens with two attached hydrogens (primary N) is 1. The number of hydrogen-bond donors (Lipinski definition) is 1. The van der Waals surface area contributed by atoms with Gasteiger partial charge in [-0.2, -0.15) is 0 Å². The van der Waals surface area contributed by atoms with Crippen molar-refractivity contribution in [2.24, 2.45) is 5.73 Å². The summed E-state index contributed by atoms with van der Waals surface area (Å²) in [5, 5.41) is 0. The van der Waals surface area contributed by atoms with Gasteiger partial charge in [-0.25, -0.2) is 4.98 Å². The summed E-state index contributed by atoms with van der Waals surface area (Å²) in [5.41, 5.74) is 9.28. The first kappa shape index (κ1) is 12.8. The Hall–Kier alpha value is -1.61. The first-order chi connectivity index (χ1) is 8.80. The summed E-state index contributed by atoms with van der Waals surface area (Å²) in [6.45, 7) is 5.02. The van der Waals surface area contributed by atoms with Gasteiger partial charge in [-0.1, -0.05) is 26.0 Å². The van der Waals surface area contributed by atoms with E-state index in [1.165, 1.54) is 5.69 Å². The molecule has 0 radical (unpaired) electrons. The lowest BCUT2D eigenvalue weighted by Crippen LogP contribution is -2.05. The lowest BCUT2D eigenvalue weighted by molar-refractivity contribution is 0.611. The summed E-state index contributed by atoms with van der Waals surface area (Å²) in [7, 11) is 0. The monoisotopic (exact) mass is 243 g/mol. The van der Waals surface area contributed by atoms with E-state index in [0.717, 1.165) is 24.1 Å². The molecule has 0 unspecified atom stereocenters. The van der Waals surface area contributed by atoms with Crippen LogP contribution in [0.1, 0.15) is 43.9 Å². The minimum absolute atomic E-state index is 0.564. The molecule has 0 aliphatic rings. The number of benzene rings is 1. The highest BCUT2D eigenvalue weighted by molar-refractivity contribution is 5.38. The average molecular weight is 243 g/mol. The van der Waals surface area contributed by atoms with Crippen LogP contribution in [0.2, 0.25) is 0 Å². The minimum Gasteiger partial charge on any atom is -0.326 e. The first-order valence-electron chi connectivity index (χ1n) is 6.61. The molecule has 0 saturated carbocycles. The Labute approximate surface area is 109 Å². The Morgan fingerprint density at radius 1 is 1.28 bits per heavy atom. The zero-order valence-electron chi connectivity index (χ0n) is 11.1. The van der Waals surface area contributed by atoms with Crippen LogP contribution in [-0.2, 0) is 6.54 Å². The van der Waals surface area contributed by atoms with E-state index in [1.54, 1.807) is 0 Å². The van der Waals surface area contributed by atoms with Gasteiger partial charge < -0.3 is 10.3 Å². The largest absolute Gasteiger partial charge is 0.326 e. The number of aromatic nitrogens is 2. The van der Waals surface area contributed by atoms with Crippen LogP contribution in [0.3, 0.4) is 0 Å². The fourth-order valence-electron chi connectivity index (χ4n) is 2.36. The van der Waals surface area contributed by atoms with Crippen molar-refractivity contribution in [3.05, 3.63) is 48.0 Å². The molecule has 0 bridgehead atoms. The molecule has 0 aliphatic carbocycles. The van der Waals surface area contributed by atoms with Crippen LogP contribution >= 0.6 is 0 Å². The molecular formula is C15H21N3. The van der Waals surface area contributed by atoms with Crippen molar-refractivity contribution in [3.8, 4) is 5.69 Å². The minimum atomic E-state index is 0.564. The topological polar surface area (TPSA) is 43.8 Å². The SMILES string of the molecule is CCC(CC)c1cncn1-c1cccc(CN)c1.